The van der Waals surface area contributed by atoms with Crippen LogP contribution in [0.5, 0.6) is 0 Å². The van der Waals surface area contributed by atoms with Gasteiger partial charge >= 0.3 is 5.69 Å². The summed E-state index contributed by atoms with van der Waals surface area (Å²) < 4.78 is 0. The van der Waals surface area contributed by atoms with Crippen molar-refractivity contribution in [1.29, 1.82) is 0 Å². The van der Waals surface area contributed by atoms with Crippen LogP contribution in [-0.4, -0.2) is 29.1 Å². The Morgan fingerprint density at radius 2 is 1.78 bits per heavy atom. The average Bonchev–Trinajstić information content (AvgIpc) is 2.94. The molecule has 5 nitrogen and oxygen atoms in total. The van der Waals surface area contributed by atoms with Gasteiger partial charge in [0.2, 0.25) is 0 Å². The highest BCUT2D eigenvalue weighted by Crippen LogP contribution is 2.43. The predicted octanol–water partition coefficient (Wildman–Crippen LogP) is 2.26. The molecule has 4 rings (SSSR count). The molecule has 1 aliphatic carbocycles. The smallest absolute Gasteiger partial charge is 0.317 e. The van der Waals surface area contributed by atoms with E-state index in [1.54, 1.807) is 0 Å². The summed E-state index contributed by atoms with van der Waals surface area (Å²) in [6.45, 7) is 3.28. The first kappa shape index (κ1) is 15.0. The van der Waals surface area contributed by atoms with Crippen LogP contribution >= 0.6 is 0 Å². The van der Waals surface area contributed by atoms with Gasteiger partial charge < -0.3 is 20.6 Å². The van der Waals surface area contributed by atoms with E-state index in [2.05, 4.69) is 32.7 Å². The molecule has 0 unspecified atom stereocenters. The number of fused-ring (bicyclic) bond motifs is 1. The van der Waals surface area contributed by atoms with Crippen LogP contribution in [0.1, 0.15) is 44.1 Å². The average molecular weight is 314 g/mol. The van der Waals surface area contributed by atoms with E-state index in [9.17, 15) is 4.79 Å². The molecule has 2 fully saturated rings. The molecule has 1 saturated carbocycles. The van der Waals surface area contributed by atoms with Crippen molar-refractivity contribution < 1.29 is 0 Å². The molecule has 1 spiro atoms. The third-order valence-corrected chi connectivity index (χ3v) is 5.89. The van der Waals surface area contributed by atoms with Crippen LogP contribution in [0.3, 0.4) is 0 Å². The summed E-state index contributed by atoms with van der Waals surface area (Å²) in [6, 6.07) is 6.78. The zero-order valence-electron chi connectivity index (χ0n) is 13.6. The van der Waals surface area contributed by atoms with Gasteiger partial charge in [0.1, 0.15) is 0 Å². The van der Waals surface area contributed by atoms with Gasteiger partial charge in [-0.05, 0) is 74.7 Å². The lowest BCUT2D eigenvalue weighted by Crippen LogP contribution is -2.42. The van der Waals surface area contributed by atoms with Crippen molar-refractivity contribution in [2.75, 3.05) is 13.1 Å². The van der Waals surface area contributed by atoms with Crippen LogP contribution in [0.25, 0.3) is 11.0 Å². The zero-order chi connectivity index (χ0) is 15.7. The van der Waals surface area contributed by atoms with E-state index in [0.717, 1.165) is 17.6 Å². The topological polar surface area (TPSA) is 72.7 Å². The van der Waals surface area contributed by atoms with E-state index in [0.29, 0.717) is 11.5 Å². The highest BCUT2D eigenvalue weighted by Gasteiger charge is 2.35. The second kappa shape index (κ2) is 6.13. The van der Waals surface area contributed by atoms with Gasteiger partial charge in [-0.15, -0.1) is 0 Å². The minimum atomic E-state index is -0.135. The van der Waals surface area contributed by atoms with Crippen LogP contribution in [0, 0.1) is 5.41 Å². The highest BCUT2D eigenvalue weighted by atomic mass is 16.1. The quantitative estimate of drug-likeness (QED) is 0.702. The van der Waals surface area contributed by atoms with Gasteiger partial charge in [-0.3, -0.25) is 0 Å². The van der Waals surface area contributed by atoms with Gasteiger partial charge in [0.15, 0.2) is 0 Å². The van der Waals surface area contributed by atoms with E-state index in [4.69, 9.17) is 0 Å². The van der Waals surface area contributed by atoms with E-state index >= 15 is 0 Å². The van der Waals surface area contributed by atoms with Crippen LogP contribution in [0.4, 0.5) is 0 Å². The Balaban J connectivity index is 1.33. The second-order valence-electron chi connectivity index (χ2n) is 7.36. The lowest BCUT2D eigenvalue weighted by Gasteiger charge is -2.43. The summed E-state index contributed by atoms with van der Waals surface area (Å²) in [6.07, 6.45) is 8.05. The number of H-pyrrole nitrogens is 2. The van der Waals surface area contributed by atoms with Crippen LogP contribution in [-0.2, 0) is 6.54 Å². The molecule has 5 heteroatoms. The number of hydrogen-bond acceptors (Lipinski definition) is 3. The monoisotopic (exact) mass is 314 g/mol. The maximum absolute atomic E-state index is 11.3. The molecule has 1 aromatic carbocycles. The molecule has 1 aromatic heterocycles. The molecule has 1 saturated heterocycles. The van der Waals surface area contributed by atoms with E-state index in [1.165, 1.54) is 57.2 Å². The van der Waals surface area contributed by atoms with Crippen molar-refractivity contribution in [3.8, 4) is 0 Å². The number of imidazole rings is 1. The minimum absolute atomic E-state index is 0.135. The third kappa shape index (κ3) is 3.21. The van der Waals surface area contributed by atoms with Crippen LogP contribution < -0.4 is 16.3 Å². The van der Waals surface area contributed by atoms with E-state index in [1.807, 2.05) is 6.07 Å². The first-order chi connectivity index (χ1) is 11.2. The van der Waals surface area contributed by atoms with Crippen molar-refractivity contribution in [2.45, 2.75) is 51.1 Å². The molecular weight excluding hydrogens is 288 g/mol. The van der Waals surface area contributed by atoms with Gasteiger partial charge in [-0.25, -0.2) is 4.79 Å². The highest BCUT2D eigenvalue weighted by molar-refractivity contribution is 5.74. The third-order valence-electron chi connectivity index (χ3n) is 5.89. The standard InChI is InChI=1S/C18H26N4O/c23-17-21-15-2-1-13(11-16(15)22-17)12-20-14-3-5-18(6-4-14)7-9-19-10-8-18/h1-2,11,14,19-20H,3-10,12H2,(H2,21,22,23). The molecule has 23 heavy (non-hydrogen) atoms. The summed E-state index contributed by atoms with van der Waals surface area (Å²) in [5.74, 6) is 0. The Morgan fingerprint density at radius 1 is 1.04 bits per heavy atom. The van der Waals surface area contributed by atoms with Crippen molar-refractivity contribution in [3.63, 3.8) is 0 Å². The Labute approximate surface area is 136 Å². The Kier molecular flexibility index (Phi) is 3.99. The molecule has 0 radical (unpaired) electrons. The molecule has 2 aromatic rings. The zero-order valence-corrected chi connectivity index (χ0v) is 13.6. The van der Waals surface area contributed by atoms with Crippen molar-refractivity contribution in [1.82, 2.24) is 20.6 Å². The minimum Gasteiger partial charge on any atom is -0.317 e. The summed E-state index contributed by atoms with van der Waals surface area (Å²) in [5.41, 5.74) is 3.50. The number of hydrogen-bond donors (Lipinski definition) is 4. The Morgan fingerprint density at radius 3 is 2.57 bits per heavy atom. The molecule has 2 aliphatic rings. The fourth-order valence-electron chi connectivity index (χ4n) is 4.34. The predicted molar refractivity (Wildman–Crippen MR) is 92.6 cm³/mol. The largest absolute Gasteiger partial charge is 0.323 e. The van der Waals surface area contributed by atoms with Gasteiger partial charge in [-0.1, -0.05) is 6.07 Å². The van der Waals surface area contributed by atoms with Crippen LogP contribution in [0.15, 0.2) is 23.0 Å². The lowest BCUT2D eigenvalue weighted by atomic mass is 9.67. The van der Waals surface area contributed by atoms with Crippen molar-refractivity contribution >= 4 is 11.0 Å². The van der Waals surface area contributed by atoms with Gasteiger partial charge in [-0.2, -0.15) is 0 Å². The SMILES string of the molecule is O=c1[nH]c2ccc(CNC3CCC4(CCNCC4)CC3)cc2[nH]1. The summed E-state index contributed by atoms with van der Waals surface area (Å²) in [4.78, 5) is 16.9. The maximum Gasteiger partial charge on any atom is 0.323 e. The molecular formula is C18H26N4O. The first-order valence-electron chi connectivity index (χ1n) is 8.88. The summed E-state index contributed by atoms with van der Waals surface area (Å²) in [5, 5.41) is 7.20. The number of benzene rings is 1. The van der Waals surface area contributed by atoms with Crippen molar-refractivity contribution in [2.24, 2.45) is 5.41 Å². The number of piperidine rings is 1. The summed E-state index contributed by atoms with van der Waals surface area (Å²) >= 11 is 0. The van der Waals surface area contributed by atoms with Crippen molar-refractivity contribution in [3.05, 3.63) is 34.2 Å². The van der Waals surface area contributed by atoms with E-state index in [-0.39, 0.29) is 5.69 Å². The van der Waals surface area contributed by atoms with Gasteiger partial charge in [0.25, 0.3) is 0 Å². The molecule has 2 heterocycles. The molecule has 1 aliphatic heterocycles. The molecule has 0 bridgehead atoms. The van der Waals surface area contributed by atoms with Gasteiger partial charge in [0.05, 0.1) is 11.0 Å². The fourth-order valence-corrected chi connectivity index (χ4v) is 4.34. The Bertz CT molecular complexity index is 716. The molecule has 0 amide bonds. The number of aromatic amines is 2. The number of nitrogens with one attached hydrogen (secondary N) is 4. The second-order valence-corrected chi connectivity index (χ2v) is 7.36. The van der Waals surface area contributed by atoms with Crippen LogP contribution in [0.2, 0.25) is 0 Å². The number of rotatable bonds is 3. The number of aromatic nitrogens is 2. The molecule has 4 N–H and O–H groups in total. The lowest BCUT2D eigenvalue weighted by molar-refractivity contribution is 0.115. The van der Waals surface area contributed by atoms with Gasteiger partial charge in [0, 0.05) is 12.6 Å². The molecule has 0 atom stereocenters. The maximum atomic E-state index is 11.3. The summed E-state index contributed by atoms with van der Waals surface area (Å²) in [7, 11) is 0. The first-order valence-corrected chi connectivity index (χ1v) is 8.88. The normalized spacial score (nSPS) is 21.9. The molecule has 124 valence electrons. The fraction of sp³-hybridized carbons (Fsp3) is 0.611. The Hall–Kier alpha value is -1.59. The van der Waals surface area contributed by atoms with E-state index < -0.39 is 0 Å².